The molecule has 120 valence electrons. The number of hydrogen-bond donors (Lipinski definition) is 3. The molecule has 0 saturated heterocycles. The molecule has 0 atom stereocenters. The van der Waals surface area contributed by atoms with Crippen LogP contribution in [-0.2, 0) is 4.79 Å². The van der Waals surface area contributed by atoms with Crippen molar-refractivity contribution in [1.82, 2.24) is 5.32 Å². The van der Waals surface area contributed by atoms with Crippen molar-refractivity contribution in [3.05, 3.63) is 48.4 Å². The summed E-state index contributed by atoms with van der Waals surface area (Å²) in [7, 11) is 0. The van der Waals surface area contributed by atoms with Gasteiger partial charge in [0.05, 0.1) is 12.8 Å². The first kappa shape index (κ1) is 15.3. The first-order valence-electron chi connectivity index (χ1n) is 7.66. The molecule has 0 radical (unpaired) electrons. The minimum atomic E-state index is -0.309. The molecular weight excluding hydrogens is 294 g/mol. The molecule has 1 aromatic carbocycles. The Bertz CT molecular complexity index is 661. The summed E-state index contributed by atoms with van der Waals surface area (Å²) in [5.41, 5.74) is 1.33. The fraction of sp³-hybridized carbons (Fsp3) is 0.294. The van der Waals surface area contributed by atoms with Crippen LogP contribution in [0.4, 0.5) is 11.4 Å². The molecule has 1 aromatic heterocycles. The maximum absolute atomic E-state index is 11.8. The van der Waals surface area contributed by atoms with Crippen molar-refractivity contribution in [2.75, 3.05) is 23.7 Å². The average molecular weight is 313 g/mol. The van der Waals surface area contributed by atoms with Crippen LogP contribution in [0.1, 0.15) is 23.4 Å². The van der Waals surface area contributed by atoms with E-state index >= 15 is 0 Å². The lowest BCUT2D eigenvalue weighted by atomic mass is 10.2. The Morgan fingerprint density at radius 3 is 2.35 bits per heavy atom. The second-order valence-electron chi connectivity index (χ2n) is 5.63. The van der Waals surface area contributed by atoms with Gasteiger partial charge in [-0.2, -0.15) is 0 Å². The molecule has 6 nitrogen and oxygen atoms in total. The maximum atomic E-state index is 11.8. The van der Waals surface area contributed by atoms with Crippen molar-refractivity contribution >= 4 is 23.2 Å². The highest BCUT2D eigenvalue weighted by atomic mass is 16.3. The Labute approximate surface area is 134 Å². The molecule has 2 amide bonds. The largest absolute Gasteiger partial charge is 0.459 e. The zero-order valence-electron chi connectivity index (χ0n) is 12.7. The molecule has 1 fully saturated rings. The van der Waals surface area contributed by atoms with Crippen LogP contribution in [-0.4, -0.2) is 24.9 Å². The van der Waals surface area contributed by atoms with Gasteiger partial charge in [-0.05, 0) is 61.7 Å². The number of benzene rings is 1. The normalized spacial score (nSPS) is 13.6. The van der Waals surface area contributed by atoms with Crippen molar-refractivity contribution in [3.63, 3.8) is 0 Å². The smallest absolute Gasteiger partial charge is 0.291 e. The quantitative estimate of drug-likeness (QED) is 0.733. The Hall–Kier alpha value is -2.60. The molecule has 6 heteroatoms. The molecule has 23 heavy (non-hydrogen) atoms. The number of rotatable bonds is 7. The Morgan fingerprint density at radius 1 is 1.04 bits per heavy atom. The summed E-state index contributed by atoms with van der Waals surface area (Å²) in [5.74, 6) is 0.623. The van der Waals surface area contributed by atoms with E-state index in [-0.39, 0.29) is 17.6 Å². The van der Waals surface area contributed by atoms with Crippen LogP contribution in [0.2, 0.25) is 0 Å². The van der Waals surface area contributed by atoms with Crippen LogP contribution >= 0.6 is 0 Å². The van der Waals surface area contributed by atoms with E-state index in [2.05, 4.69) is 16.0 Å². The van der Waals surface area contributed by atoms with Gasteiger partial charge in [0.1, 0.15) is 0 Å². The minimum absolute atomic E-state index is 0.0713. The predicted molar refractivity (Wildman–Crippen MR) is 87.3 cm³/mol. The van der Waals surface area contributed by atoms with Gasteiger partial charge >= 0.3 is 0 Å². The molecule has 2 aromatic rings. The predicted octanol–water partition coefficient (Wildman–Crippen LogP) is 2.47. The molecule has 0 aliphatic heterocycles. The van der Waals surface area contributed by atoms with Crippen LogP contribution in [0.3, 0.4) is 0 Å². The first-order chi connectivity index (χ1) is 11.2. The molecule has 1 aliphatic carbocycles. The van der Waals surface area contributed by atoms with E-state index in [9.17, 15) is 9.59 Å². The van der Waals surface area contributed by atoms with Gasteiger partial charge in [0, 0.05) is 11.4 Å². The number of nitrogens with one attached hydrogen (secondary N) is 3. The van der Waals surface area contributed by atoms with Gasteiger partial charge < -0.3 is 20.4 Å². The van der Waals surface area contributed by atoms with Gasteiger partial charge in [-0.15, -0.1) is 0 Å². The highest BCUT2D eigenvalue weighted by Gasteiger charge is 2.20. The van der Waals surface area contributed by atoms with Gasteiger partial charge in [0.25, 0.3) is 5.91 Å². The van der Waals surface area contributed by atoms with E-state index in [0.717, 1.165) is 12.5 Å². The molecule has 3 N–H and O–H groups in total. The van der Waals surface area contributed by atoms with E-state index in [1.807, 2.05) is 0 Å². The van der Waals surface area contributed by atoms with Crippen LogP contribution in [0.5, 0.6) is 0 Å². The van der Waals surface area contributed by atoms with Gasteiger partial charge in [-0.25, -0.2) is 0 Å². The second kappa shape index (κ2) is 7.11. The zero-order chi connectivity index (χ0) is 16.1. The fourth-order valence-corrected chi connectivity index (χ4v) is 2.15. The molecule has 0 unspecified atom stereocenters. The molecule has 1 saturated carbocycles. The number of anilines is 2. The van der Waals surface area contributed by atoms with E-state index in [1.165, 1.54) is 19.1 Å². The minimum Gasteiger partial charge on any atom is -0.459 e. The number of carbonyl (C=O) groups is 2. The topological polar surface area (TPSA) is 83.4 Å². The SMILES string of the molecule is O=C(CNCC1CC1)Nc1ccc(NC(=O)c2ccco2)cc1. The molecule has 1 heterocycles. The van der Waals surface area contributed by atoms with Crippen molar-refractivity contribution in [2.24, 2.45) is 5.92 Å². The van der Waals surface area contributed by atoms with E-state index in [1.54, 1.807) is 36.4 Å². The first-order valence-corrected chi connectivity index (χ1v) is 7.66. The van der Waals surface area contributed by atoms with Crippen molar-refractivity contribution in [3.8, 4) is 0 Å². The van der Waals surface area contributed by atoms with Crippen molar-refractivity contribution in [2.45, 2.75) is 12.8 Å². The zero-order valence-corrected chi connectivity index (χ0v) is 12.7. The van der Waals surface area contributed by atoms with E-state index in [4.69, 9.17) is 4.42 Å². The summed E-state index contributed by atoms with van der Waals surface area (Å²) in [6.07, 6.45) is 3.98. The van der Waals surface area contributed by atoms with Crippen LogP contribution < -0.4 is 16.0 Å². The molecule has 0 bridgehead atoms. The average Bonchev–Trinajstić information content (AvgIpc) is 3.19. The summed E-state index contributed by atoms with van der Waals surface area (Å²) in [5, 5.41) is 8.67. The van der Waals surface area contributed by atoms with Crippen LogP contribution in [0.15, 0.2) is 47.1 Å². The van der Waals surface area contributed by atoms with Gasteiger partial charge in [0.15, 0.2) is 5.76 Å². The second-order valence-corrected chi connectivity index (χ2v) is 5.63. The lowest BCUT2D eigenvalue weighted by Gasteiger charge is -2.08. The summed E-state index contributed by atoms with van der Waals surface area (Å²) in [6.45, 7) is 1.22. The number of amides is 2. The van der Waals surface area contributed by atoms with Crippen LogP contribution in [0.25, 0.3) is 0 Å². The Kier molecular flexibility index (Phi) is 4.73. The third kappa shape index (κ3) is 4.69. The number of hydrogen-bond acceptors (Lipinski definition) is 4. The van der Waals surface area contributed by atoms with Gasteiger partial charge in [-0.1, -0.05) is 0 Å². The highest BCUT2D eigenvalue weighted by Crippen LogP contribution is 2.27. The lowest BCUT2D eigenvalue weighted by molar-refractivity contribution is -0.115. The third-order valence-electron chi connectivity index (χ3n) is 3.59. The van der Waals surface area contributed by atoms with Crippen molar-refractivity contribution in [1.29, 1.82) is 0 Å². The summed E-state index contributed by atoms with van der Waals surface area (Å²) < 4.78 is 5.03. The van der Waals surface area contributed by atoms with Crippen LogP contribution in [0, 0.1) is 5.92 Å². The van der Waals surface area contributed by atoms with E-state index < -0.39 is 0 Å². The molecule has 0 spiro atoms. The monoisotopic (exact) mass is 313 g/mol. The van der Waals surface area contributed by atoms with Gasteiger partial charge in [0.2, 0.25) is 5.91 Å². The molecule has 3 rings (SSSR count). The number of furan rings is 1. The summed E-state index contributed by atoms with van der Waals surface area (Å²) >= 11 is 0. The summed E-state index contributed by atoms with van der Waals surface area (Å²) in [6, 6.07) is 10.2. The van der Waals surface area contributed by atoms with Gasteiger partial charge in [-0.3, -0.25) is 9.59 Å². The van der Waals surface area contributed by atoms with Crippen molar-refractivity contribution < 1.29 is 14.0 Å². The fourth-order valence-electron chi connectivity index (χ4n) is 2.15. The lowest BCUT2D eigenvalue weighted by Crippen LogP contribution is -2.29. The Balaban J connectivity index is 1.46. The Morgan fingerprint density at radius 2 is 1.74 bits per heavy atom. The maximum Gasteiger partial charge on any atom is 0.291 e. The molecular formula is C17H19N3O3. The number of carbonyl (C=O) groups excluding carboxylic acids is 2. The third-order valence-corrected chi connectivity index (χ3v) is 3.59. The van der Waals surface area contributed by atoms with E-state index in [0.29, 0.717) is 17.9 Å². The summed E-state index contributed by atoms with van der Waals surface area (Å²) in [4.78, 5) is 23.6. The highest BCUT2D eigenvalue weighted by molar-refractivity contribution is 6.02. The standard InChI is InChI=1S/C17H19N3O3/c21-16(11-18-10-12-3-4-12)19-13-5-7-14(8-6-13)20-17(22)15-2-1-9-23-15/h1-2,5-9,12,18H,3-4,10-11H2,(H,19,21)(H,20,22). The molecule has 1 aliphatic rings.